The van der Waals surface area contributed by atoms with E-state index in [-0.39, 0.29) is 18.7 Å². The maximum absolute atomic E-state index is 12.7. The highest BCUT2D eigenvalue weighted by atomic mass is 19.4. The highest BCUT2D eigenvalue weighted by Crippen LogP contribution is 2.30. The lowest BCUT2D eigenvalue weighted by molar-refractivity contribution is -0.144. The van der Waals surface area contributed by atoms with E-state index >= 15 is 0 Å². The van der Waals surface area contributed by atoms with Crippen molar-refractivity contribution in [1.82, 2.24) is 9.80 Å². The molecule has 2 N–H and O–H groups in total. The molecule has 1 unspecified atom stereocenters. The number of hydrogen-bond acceptors (Lipinski definition) is 4. The van der Waals surface area contributed by atoms with Crippen molar-refractivity contribution in [3.8, 4) is 0 Å². The van der Waals surface area contributed by atoms with E-state index in [2.05, 4.69) is 10.2 Å². The van der Waals surface area contributed by atoms with Gasteiger partial charge >= 0.3 is 12.1 Å². The Morgan fingerprint density at radius 2 is 1.88 bits per heavy atom. The molecule has 0 saturated carbocycles. The zero-order chi connectivity index (χ0) is 19.3. The topological polar surface area (TPSA) is 72.9 Å². The Kier molecular flexibility index (Phi) is 6.60. The molecule has 1 aliphatic heterocycles. The van der Waals surface area contributed by atoms with E-state index in [0.29, 0.717) is 0 Å². The number of halogens is 3. The highest BCUT2D eigenvalue weighted by Gasteiger charge is 2.31. The predicted molar refractivity (Wildman–Crippen MR) is 89.8 cm³/mol. The van der Waals surface area contributed by atoms with Crippen LogP contribution in [-0.4, -0.2) is 66.6 Å². The van der Waals surface area contributed by atoms with Crippen molar-refractivity contribution in [3.63, 3.8) is 0 Å². The standard InChI is InChI=1S/C17H22F3N3O3/c1-22-5-7-23(8-6-22)11-12(16(25)26)9-15(24)21-14-4-2-3-13(10-14)17(18,19)20/h2-4,10,12H,5-9,11H2,1H3,(H,21,24)(H,25,26). The van der Waals surface area contributed by atoms with Crippen LogP contribution in [0.3, 0.4) is 0 Å². The minimum absolute atomic E-state index is 0.00596. The Bertz CT molecular complexity index is 644. The summed E-state index contributed by atoms with van der Waals surface area (Å²) in [5.74, 6) is -2.63. The lowest BCUT2D eigenvalue weighted by Gasteiger charge is -2.33. The minimum Gasteiger partial charge on any atom is -0.481 e. The minimum atomic E-state index is -4.51. The second kappa shape index (κ2) is 8.50. The molecule has 6 nitrogen and oxygen atoms in total. The first-order valence-electron chi connectivity index (χ1n) is 8.26. The Hall–Kier alpha value is -2.13. The molecule has 0 spiro atoms. The van der Waals surface area contributed by atoms with E-state index < -0.39 is 29.5 Å². The smallest absolute Gasteiger partial charge is 0.416 e. The molecule has 9 heteroatoms. The van der Waals surface area contributed by atoms with Gasteiger partial charge < -0.3 is 15.3 Å². The number of rotatable bonds is 6. The number of benzene rings is 1. The summed E-state index contributed by atoms with van der Waals surface area (Å²) in [5, 5.41) is 11.7. The monoisotopic (exact) mass is 373 g/mol. The van der Waals surface area contributed by atoms with Gasteiger partial charge in [0, 0.05) is 44.8 Å². The van der Waals surface area contributed by atoms with Gasteiger partial charge in [-0.15, -0.1) is 0 Å². The predicted octanol–water partition coefficient (Wildman–Crippen LogP) is 1.98. The van der Waals surface area contributed by atoms with Gasteiger partial charge in [-0.2, -0.15) is 13.2 Å². The lowest BCUT2D eigenvalue weighted by Crippen LogP contribution is -2.47. The van der Waals surface area contributed by atoms with E-state index in [1.54, 1.807) is 0 Å². The molecule has 0 radical (unpaired) electrons. The number of hydrogen-bond donors (Lipinski definition) is 2. The molecule has 1 fully saturated rings. The first-order chi connectivity index (χ1) is 12.1. The lowest BCUT2D eigenvalue weighted by atomic mass is 10.0. The van der Waals surface area contributed by atoms with Gasteiger partial charge in [0.25, 0.3) is 0 Å². The number of carboxylic acids is 1. The fraction of sp³-hybridized carbons (Fsp3) is 0.529. The van der Waals surface area contributed by atoms with Crippen LogP contribution in [-0.2, 0) is 15.8 Å². The number of carbonyl (C=O) groups is 2. The number of nitrogens with one attached hydrogen (secondary N) is 1. The fourth-order valence-electron chi connectivity index (χ4n) is 2.78. The third-order valence-electron chi connectivity index (χ3n) is 4.33. The summed E-state index contributed by atoms with van der Waals surface area (Å²) in [7, 11) is 1.98. The van der Waals surface area contributed by atoms with Crippen LogP contribution < -0.4 is 5.32 Å². The Morgan fingerprint density at radius 3 is 2.46 bits per heavy atom. The molecule has 1 amide bonds. The Labute approximate surface area is 149 Å². The van der Waals surface area contributed by atoms with Gasteiger partial charge in [-0.3, -0.25) is 14.5 Å². The van der Waals surface area contributed by atoms with Crippen molar-refractivity contribution in [3.05, 3.63) is 29.8 Å². The van der Waals surface area contributed by atoms with E-state index in [1.165, 1.54) is 12.1 Å². The van der Waals surface area contributed by atoms with Crippen LogP contribution in [0.15, 0.2) is 24.3 Å². The van der Waals surface area contributed by atoms with Crippen LogP contribution in [0.4, 0.5) is 18.9 Å². The quantitative estimate of drug-likeness (QED) is 0.798. The van der Waals surface area contributed by atoms with Gasteiger partial charge in [-0.05, 0) is 25.2 Å². The molecule has 1 saturated heterocycles. The zero-order valence-electron chi connectivity index (χ0n) is 14.4. The summed E-state index contributed by atoms with van der Waals surface area (Å²) in [4.78, 5) is 27.7. The maximum atomic E-state index is 12.7. The molecule has 1 aromatic carbocycles. The van der Waals surface area contributed by atoms with Crippen LogP contribution in [0.2, 0.25) is 0 Å². The number of anilines is 1. The molecule has 1 atom stereocenters. The van der Waals surface area contributed by atoms with Gasteiger partial charge in [0.15, 0.2) is 0 Å². The molecular weight excluding hydrogens is 351 g/mol. The number of piperazine rings is 1. The molecule has 1 heterocycles. The van der Waals surface area contributed by atoms with Crippen LogP contribution in [0.5, 0.6) is 0 Å². The van der Waals surface area contributed by atoms with Gasteiger partial charge in [-0.1, -0.05) is 6.07 Å². The molecule has 144 valence electrons. The number of alkyl halides is 3. The maximum Gasteiger partial charge on any atom is 0.416 e. The highest BCUT2D eigenvalue weighted by molar-refractivity contribution is 5.93. The van der Waals surface area contributed by atoms with Crippen LogP contribution in [0, 0.1) is 5.92 Å². The van der Waals surface area contributed by atoms with Crippen molar-refractivity contribution in [2.24, 2.45) is 5.92 Å². The number of likely N-dealkylation sites (N-methyl/N-ethyl adjacent to an activating group) is 1. The van der Waals surface area contributed by atoms with Crippen molar-refractivity contribution in [2.45, 2.75) is 12.6 Å². The summed E-state index contributed by atoms with van der Waals surface area (Å²) < 4.78 is 38.1. The van der Waals surface area contributed by atoms with Crippen molar-refractivity contribution in [2.75, 3.05) is 45.1 Å². The number of amides is 1. The van der Waals surface area contributed by atoms with E-state index in [4.69, 9.17) is 0 Å². The molecular formula is C17H22F3N3O3. The average Bonchev–Trinajstić information content (AvgIpc) is 2.55. The van der Waals surface area contributed by atoms with Crippen LogP contribution in [0.1, 0.15) is 12.0 Å². The molecule has 1 aromatic rings. The van der Waals surface area contributed by atoms with E-state index in [9.17, 15) is 27.9 Å². The first kappa shape index (κ1) is 20.2. The van der Waals surface area contributed by atoms with Gasteiger partial charge in [0.05, 0.1) is 11.5 Å². The van der Waals surface area contributed by atoms with Crippen molar-refractivity contribution < 1.29 is 27.9 Å². The van der Waals surface area contributed by atoms with Crippen LogP contribution >= 0.6 is 0 Å². The van der Waals surface area contributed by atoms with E-state index in [1.807, 2.05) is 11.9 Å². The SMILES string of the molecule is CN1CCN(CC(CC(=O)Nc2cccc(C(F)(F)F)c2)C(=O)O)CC1. The van der Waals surface area contributed by atoms with Crippen molar-refractivity contribution in [1.29, 1.82) is 0 Å². The van der Waals surface area contributed by atoms with Gasteiger partial charge in [-0.25, -0.2) is 0 Å². The molecule has 2 rings (SSSR count). The number of aliphatic carboxylic acids is 1. The molecule has 1 aliphatic rings. The van der Waals surface area contributed by atoms with Gasteiger partial charge in [0.2, 0.25) is 5.91 Å². The summed E-state index contributed by atoms with van der Waals surface area (Å²) in [6.45, 7) is 3.32. The van der Waals surface area contributed by atoms with E-state index in [0.717, 1.165) is 38.3 Å². The summed E-state index contributed by atoms with van der Waals surface area (Å²) in [6.07, 6.45) is -4.80. The van der Waals surface area contributed by atoms with Crippen molar-refractivity contribution >= 4 is 17.6 Å². The summed E-state index contributed by atoms with van der Waals surface area (Å²) in [6, 6.07) is 4.26. The third-order valence-corrected chi connectivity index (χ3v) is 4.33. The largest absolute Gasteiger partial charge is 0.481 e. The fourth-order valence-corrected chi connectivity index (χ4v) is 2.78. The molecule has 26 heavy (non-hydrogen) atoms. The zero-order valence-corrected chi connectivity index (χ0v) is 14.4. The first-order valence-corrected chi connectivity index (χ1v) is 8.26. The summed E-state index contributed by atoms with van der Waals surface area (Å²) >= 11 is 0. The molecule has 0 aliphatic carbocycles. The number of nitrogens with zero attached hydrogens (tertiary/aromatic N) is 2. The summed E-state index contributed by atoms with van der Waals surface area (Å²) in [5.41, 5.74) is -0.879. The van der Waals surface area contributed by atoms with Gasteiger partial charge in [0.1, 0.15) is 0 Å². The third kappa shape index (κ3) is 5.99. The number of carboxylic acid groups (broad SMARTS) is 1. The van der Waals surface area contributed by atoms with Crippen LogP contribution in [0.25, 0.3) is 0 Å². The Balaban J connectivity index is 1.94. The normalized spacial score (nSPS) is 17.7. The molecule has 0 aromatic heterocycles. The Morgan fingerprint density at radius 1 is 1.23 bits per heavy atom. The average molecular weight is 373 g/mol. The second-order valence-corrected chi connectivity index (χ2v) is 6.47. The molecule has 0 bridgehead atoms. The second-order valence-electron chi connectivity index (χ2n) is 6.47. The number of carbonyl (C=O) groups excluding carboxylic acids is 1.